The molecule has 2 N–H and O–H groups in total. The van der Waals surface area contributed by atoms with E-state index in [1.807, 2.05) is 0 Å². The molecule has 74 valence electrons. The lowest BCUT2D eigenvalue weighted by atomic mass is 10.7. The minimum absolute atomic E-state index is 0.161. The second kappa shape index (κ2) is 5.08. The summed E-state index contributed by atoms with van der Waals surface area (Å²) >= 11 is 1.57. The van der Waals surface area contributed by atoms with Crippen molar-refractivity contribution in [1.82, 2.24) is 20.1 Å². The zero-order chi connectivity index (χ0) is 9.68. The standard InChI is InChI=1S/C7H14N4OS/c1-3-8-4-5-13-7-10-9-6(12)11(7)2/h8H,3-5H2,1-2H3,(H,9,12). The van der Waals surface area contributed by atoms with Gasteiger partial charge in [0.25, 0.3) is 0 Å². The molecule has 1 heterocycles. The van der Waals surface area contributed by atoms with Crippen LogP contribution in [0.5, 0.6) is 0 Å². The van der Waals surface area contributed by atoms with Crippen LogP contribution in [0, 0.1) is 0 Å². The fourth-order valence-electron chi connectivity index (χ4n) is 0.853. The number of aromatic amines is 1. The first kappa shape index (κ1) is 10.3. The number of nitrogens with zero attached hydrogens (tertiary/aromatic N) is 2. The molecule has 0 saturated carbocycles. The molecule has 1 aromatic rings. The summed E-state index contributed by atoms with van der Waals surface area (Å²) in [6.07, 6.45) is 0. The van der Waals surface area contributed by atoms with Gasteiger partial charge in [0, 0.05) is 19.3 Å². The van der Waals surface area contributed by atoms with E-state index >= 15 is 0 Å². The van der Waals surface area contributed by atoms with Gasteiger partial charge in [-0.05, 0) is 6.54 Å². The summed E-state index contributed by atoms with van der Waals surface area (Å²) in [5.41, 5.74) is -0.161. The molecule has 0 aliphatic carbocycles. The summed E-state index contributed by atoms with van der Waals surface area (Å²) in [6, 6.07) is 0. The second-order valence-corrected chi connectivity index (χ2v) is 3.63. The van der Waals surface area contributed by atoms with E-state index in [1.165, 1.54) is 4.57 Å². The zero-order valence-corrected chi connectivity index (χ0v) is 8.65. The van der Waals surface area contributed by atoms with Crippen molar-refractivity contribution in [3.05, 3.63) is 10.5 Å². The molecule has 0 atom stereocenters. The Balaban J connectivity index is 2.37. The molecule has 0 amide bonds. The van der Waals surface area contributed by atoms with Crippen LogP contribution in [0.4, 0.5) is 0 Å². The van der Waals surface area contributed by atoms with Crippen molar-refractivity contribution in [2.45, 2.75) is 12.1 Å². The van der Waals surface area contributed by atoms with Gasteiger partial charge in [0.05, 0.1) is 0 Å². The molecule has 0 bridgehead atoms. The van der Waals surface area contributed by atoms with Gasteiger partial charge in [0.1, 0.15) is 0 Å². The van der Waals surface area contributed by atoms with Crippen molar-refractivity contribution in [3.63, 3.8) is 0 Å². The minimum Gasteiger partial charge on any atom is -0.316 e. The fraction of sp³-hybridized carbons (Fsp3) is 0.714. The van der Waals surface area contributed by atoms with E-state index in [0.29, 0.717) is 0 Å². The fourth-order valence-corrected chi connectivity index (χ4v) is 1.67. The van der Waals surface area contributed by atoms with Gasteiger partial charge in [-0.2, -0.15) is 0 Å². The van der Waals surface area contributed by atoms with E-state index in [-0.39, 0.29) is 5.69 Å². The van der Waals surface area contributed by atoms with Crippen molar-refractivity contribution in [2.75, 3.05) is 18.8 Å². The van der Waals surface area contributed by atoms with Crippen molar-refractivity contribution >= 4 is 11.8 Å². The van der Waals surface area contributed by atoms with Crippen LogP contribution >= 0.6 is 11.8 Å². The molecule has 5 nitrogen and oxygen atoms in total. The smallest absolute Gasteiger partial charge is 0.316 e. The van der Waals surface area contributed by atoms with Crippen molar-refractivity contribution in [1.29, 1.82) is 0 Å². The molecule has 0 aliphatic rings. The van der Waals surface area contributed by atoms with Crippen LogP contribution in [0.2, 0.25) is 0 Å². The van der Waals surface area contributed by atoms with E-state index in [2.05, 4.69) is 22.4 Å². The van der Waals surface area contributed by atoms with Crippen LogP contribution in [0.15, 0.2) is 9.95 Å². The number of thioether (sulfide) groups is 1. The second-order valence-electron chi connectivity index (χ2n) is 2.57. The number of hydrogen-bond acceptors (Lipinski definition) is 4. The third-order valence-electron chi connectivity index (χ3n) is 1.60. The first-order chi connectivity index (χ1) is 6.25. The highest BCUT2D eigenvalue weighted by Crippen LogP contribution is 2.09. The highest BCUT2D eigenvalue weighted by molar-refractivity contribution is 7.99. The molecule has 6 heteroatoms. The largest absolute Gasteiger partial charge is 0.343 e. The lowest BCUT2D eigenvalue weighted by Crippen LogP contribution is -2.17. The third-order valence-corrected chi connectivity index (χ3v) is 2.63. The Kier molecular flexibility index (Phi) is 4.04. The van der Waals surface area contributed by atoms with Gasteiger partial charge in [0.15, 0.2) is 5.16 Å². The van der Waals surface area contributed by atoms with E-state index in [9.17, 15) is 4.79 Å². The summed E-state index contributed by atoms with van der Waals surface area (Å²) in [5.74, 6) is 0.923. The molecular weight excluding hydrogens is 188 g/mol. The SMILES string of the molecule is CCNCCSc1n[nH]c(=O)n1C. The quantitative estimate of drug-likeness (QED) is 0.513. The predicted molar refractivity (Wildman–Crippen MR) is 53.1 cm³/mol. The summed E-state index contributed by atoms with van der Waals surface area (Å²) < 4.78 is 1.51. The van der Waals surface area contributed by atoms with Crippen molar-refractivity contribution < 1.29 is 0 Å². The van der Waals surface area contributed by atoms with E-state index in [0.717, 1.165) is 24.0 Å². The molecule has 0 aliphatic heterocycles. The summed E-state index contributed by atoms with van der Waals surface area (Å²) in [4.78, 5) is 10.9. The topological polar surface area (TPSA) is 62.7 Å². The molecule has 0 spiro atoms. The normalized spacial score (nSPS) is 10.6. The summed E-state index contributed by atoms with van der Waals surface area (Å²) in [7, 11) is 1.71. The van der Waals surface area contributed by atoms with Crippen molar-refractivity contribution in [2.24, 2.45) is 7.05 Å². The number of rotatable bonds is 5. The Bertz CT molecular complexity index is 306. The lowest BCUT2D eigenvalue weighted by Gasteiger charge is -2.00. The maximum Gasteiger partial charge on any atom is 0.343 e. The third kappa shape index (κ3) is 2.89. The maximum absolute atomic E-state index is 10.9. The number of hydrogen-bond donors (Lipinski definition) is 2. The number of H-pyrrole nitrogens is 1. The maximum atomic E-state index is 10.9. The van der Waals surface area contributed by atoms with Gasteiger partial charge in [-0.3, -0.25) is 4.57 Å². The van der Waals surface area contributed by atoms with E-state index in [1.54, 1.807) is 18.8 Å². The van der Waals surface area contributed by atoms with Gasteiger partial charge in [-0.1, -0.05) is 18.7 Å². The lowest BCUT2D eigenvalue weighted by molar-refractivity contribution is 0.752. The first-order valence-corrected chi connectivity index (χ1v) is 5.19. The van der Waals surface area contributed by atoms with Gasteiger partial charge in [0.2, 0.25) is 0 Å². The molecule has 13 heavy (non-hydrogen) atoms. The average molecular weight is 202 g/mol. The van der Waals surface area contributed by atoms with Crippen LogP contribution in [-0.2, 0) is 7.05 Å². The predicted octanol–water partition coefficient (Wildman–Crippen LogP) is -0.190. The van der Waals surface area contributed by atoms with Gasteiger partial charge < -0.3 is 5.32 Å². The summed E-state index contributed by atoms with van der Waals surface area (Å²) in [6.45, 7) is 3.97. The number of nitrogens with one attached hydrogen (secondary N) is 2. The molecular formula is C7H14N4OS. The van der Waals surface area contributed by atoms with Crippen LogP contribution in [0.1, 0.15) is 6.92 Å². The molecule has 1 aromatic heterocycles. The molecule has 0 fully saturated rings. The summed E-state index contributed by atoms with van der Waals surface area (Å²) in [5, 5.41) is 10.2. The van der Waals surface area contributed by atoms with Gasteiger partial charge in [-0.15, -0.1) is 5.10 Å². The monoisotopic (exact) mass is 202 g/mol. The first-order valence-electron chi connectivity index (χ1n) is 4.20. The van der Waals surface area contributed by atoms with Crippen molar-refractivity contribution in [3.8, 4) is 0 Å². The minimum atomic E-state index is -0.161. The highest BCUT2D eigenvalue weighted by Gasteiger charge is 2.02. The van der Waals surface area contributed by atoms with Crippen LogP contribution < -0.4 is 11.0 Å². The molecule has 0 unspecified atom stereocenters. The van der Waals surface area contributed by atoms with E-state index < -0.39 is 0 Å². The van der Waals surface area contributed by atoms with Crippen LogP contribution in [-0.4, -0.2) is 33.6 Å². The zero-order valence-electron chi connectivity index (χ0n) is 7.83. The van der Waals surface area contributed by atoms with Gasteiger partial charge in [-0.25, -0.2) is 9.89 Å². The molecule has 1 rings (SSSR count). The molecule has 0 radical (unpaired) electrons. The Hall–Kier alpha value is -0.750. The Morgan fingerprint density at radius 3 is 3.00 bits per heavy atom. The molecule has 0 saturated heterocycles. The molecule has 0 aromatic carbocycles. The Labute approximate surface area is 80.9 Å². The van der Waals surface area contributed by atoms with Crippen LogP contribution in [0.25, 0.3) is 0 Å². The average Bonchev–Trinajstić information content (AvgIpc) is 2.43. The number of aromatic nitrogens is 3. The highest BCUT2D eigenvalue weighted by atomic mass is 32.2. The van der Waals surface area contributed by atoms with E-state index in [4.69, 9.17) is 0 Å². The van der Waals surface area contributed by atoms with Gasteiger partial charge >= 0.3 is 5.69 Å². The van der Waals surface area contributed by atoms with Crippen LogP contribution in [0.3, 0.4) is 0 Å². The Morgan fingerprint density at radius 1 is 1.69 bits per heavy atom. The Morgan fingerprint density at radius 2 is 2.46 bits per heavy atom.